The molecule has 0 unspecified atom stereocenters. The van der Waals surface area contributed by atoms with Gasteiger partial charge in [-0.25, -0.2) is 21.8 Å². The van der Waals surface area contributed by atoms with E-state index in [1.165, 1.54) is 17.4 Å². The van der Waals surface area contributed by atoms with Crippen molar-refractivity contribution in [2.75, 3.05) is 12.0 Å². The molecule has 0 aliphatic heterocycles. The number of carbonyl (C=O) groups excluding carboxylic acids is 1. The molecule has 0 aliphatic rings. The maximum Gasteiger partial charge on any atom is 0.238 e. The molecule has 1 heterocycles. The largest absolute Gasteiger partial charge is 0.348 e. The molecule has 32 heavy (non-hydrogen) atoms. The summed E-state index contributed by atoms with van der Waals surface area (Å²) >= 11 is 1.42. The van der Waals surface area contributed by atoms with E-state index in [2.05, 4.69) is 15.0 Å². The van der Waals surface area contributed by atoms with Crippen molar-refractivity contribution in [1.82, 2.24) is 15.0 Å². The van der Waals surface area contributed by atoms with Gasteiger partial charge in [-0.15, -0.1) is 11.3 Å². The summed E-state index contributed by atoms with van der Waals surface area (Å²) in [6.45, 7) is 0.106. The Morgan fingerprint density at radius 2 is 1.75 bits per heavy atom. The van der Waals surface area contributed by atoms with Crippen molar-refractivity contribution >= 4 is 53.4 Å². The molecule has 8 nitrogen and oxygen atoms in total. The van der Waals surface area contributed by atoms with Gasteiger partial charge in [0.1, 0.15) is 20.9 Å². The van der Waals surface area contributed by atoms with Gasteiger partial charge >= 0.3 is 0 Å². The number of sulfonamides is 1. The summed E-state index contributed by atoms with van der Waals surface area (Å²) < 4.78 is 51.4. The maximum atomic E-state index is 12.7. The number of aromatic nitrogens is 1. The lowest BCUT2D eigenvalue weighted by Gasteiger charge is -2.16. The highest BCUT2D eigenvalue weighted by Gasteiger charge is 2.24. The normalized spacial score (nSPS) is 13.4. The number of thiazole rings is 1. The standard InChI is InChI=1S/C21H23N3O5S3/c1-31(26,27)13-12-18(24-32(28,29)14-11-16-7-3-2-4-8-16)21(25)22-15-20-23-17-9-5-6-10-19(17)30-20/h2-11,14,18,24H,12-13,15H2,1H3,(H,22,25)/b14-11-/t18-/m1/s1. The van der Waals surface area contributed by atoms with Gasteiger partial charge in [-0.05, 0) is 30.2 Å². The Kier molecular flexibility index (Phi) is 7.77. The highest BCUT2D eigenvalue weighted by molar-refractivity contribution is 7.92. The fraction of sp³-hybridized carbons (Fsp3) is 0.238. The van der Waals surface area contributed by atoms with E-state index in [9.17, 15) is 21.6 Å². The smallest absolute Gasteiger partial charge is 0.238 e. The van der Waals surface area contributed by atoms with E-state index in [-0.39, 0.29) is 18.7 Å². The van der Waals surface area contributed by atoms with Gasteiger partial charge in [0.25, 0.3) is 0 Å². The predicted molar refractivity (Wildman–Crippen MR) is 127 cm³/mol. The van der Waals surface area contributed by atoms with E-state index in [1.807, 2.05) is 24.3 Å². The van der Waals surface area contributed by atoms with Gasteiger partial charge < -0.3 is 5.32 Å². The van der Waals surface area contributed by atoms with Gasteiger partial charge in [-0.3, -0.25) is 4.79 Å². The molecule has 0 saturated carbocycles. The van der Waals surface area contributed by atoms with E-state index in [1.54, 1.807) is 30.3 Å². The average Bonchev–Trinajstić information content (AvgIpc) is 3.17. The highest BCUT2D eigenvalue weighted by atomic mass is 32.2. The van der Waals surface area contributed by atoms with Crippen molar-refractivity contribution in [3.05, 3.63) is 70.6 Å². The molecule has 0 aliphatic carbocycles. The summed E-state index contributed by atoms with van der Waals surface area (Å²) in [5.41, 5.74) is 1.48. The Morgan fingerprint density at radius 1 is 1.06 bits per heavy atom. The van der Waals surface area contributed by atoms with Crippen LogP contribution in [0.2, 0.25) is 0 Å². The second-order valence-electron chi connectivity index (χ2n) is 7.14. The number of benzene rings is 2. The Balaban J connectivity index is 1.70. The third-order valence-electron chi connectivity index (χ3n) is 4.39. The van der Waals surface area contributed by atoms with Crippen LogP contribution in [0.3, 0.4) is 0 Å². The van der Waals surface area contributed by atoms with Gasteiger partial charge in [0.05, 0.1) is 22.5 Å². The molecule has 0 radical (unpaired) electrons. The minimum Gasteiger partial charge on any atom is -0.348 e. The first-order valence-corrected chi connectivity index (χ1v) is 14.1. The Bertz CT molecular complexity index is 1280. The van der Waals surface area contributed by atoms with Gasteiger partial charge in [-0.1, -0.05) is 42.5 Å². The van der Waals surface area contributed by atoms with Crippen molar-refractivity contribution in [3.63, 3.8) is 0 Å². The monoisotopic (exact) mass is 493 g/mol. The van der Waals surface area contributed by atoms with Crippen LogP contribution >= 0.6 is 11.3 Å². The lowest BCUT2D eigenvalue weighted by Crippen LogP contribution is -2.46. The molecule has 11 heteroatoms. The third kappa shape index (κ3) is 7.52. The average molecular weight is 494 g/mol. The SMILES string of the molecule is CS(=O)(=O)CC[C@@H](NS(=O)(=O)/C=C\c1ccccc1)C(=O)NCc1nc2ccccc2s1. The first kappa shape index (κ1) is 24.1. The molecular weight excluding hydrogens is 470 g/mol. The minimum absolute atomic E-state index is 0.106. The third-order valence-corrected chi connectivity index (χ3v) is 7.51. The second-order valence-corrected chi connectivity index (χ2v) is 12.1. The van der Waals surface area contributed by atoms with Gasteiger partial charge in [0.2, 0.25) is 15.9 Å². The molecule has 170 valence electrons. The number of fused-ring (bicyclic) bond motifs is 1. The zero-order valence-electron chi connectivity index (χ0n) is 17.3. The van der Waals surface area contributed by atoms with Crippen LogP contribution in [-0.4, -0.2) is 45.8 Å². The predicted octanol–water partition coefficient (Wildman–Crippen LogP) is 2.31. The summed E-state index contributed by atoms with van der Waals surface area (Å²) in [5, 5.41) is 4.27. The molecule has 0 spiro atoms. The first-order chi connectivity index (χ1) is 15.1. The number of carbonyl (C=O) groups is 1. The molecule has 2 N–H and O–H groups in total. The van der Waals surface area contributed by atoms with Crippen LogP contribution in [0.15, 0.2) is 60.0 Å². The number of sulfone groups is 1. The van der Waals surface area contributed by atoms with Crippen molar-refractivity contribution in [1.29, 1.82) is 0 Å². The summed E-state index contributed by atoms with van der Waals surface area (Å²) in [4.78, 5) is 17.1. The summed E-state index contributed by atoms with van der Waals surface area (Å²) in [5.74, 6) is -0.957. The Hall–Kier alpha value is -2.60. The quantitative estimate of drug-likeness (QED) is 0.447. The zero-order chi connectivity index (χ0) is 23.2. The van der Waals surface area contributed by atoms with Gasteiger partial charge in [-0.2, -0.15) is 4.72 Å². The van der Waals surface area contributed by atoms with E-state index in [4.69, 9.17) is 0 Å². The van der Waals surface area contributed by atoms with Gasteiger partial charge in [0, 0.05) is 11.7 Å². The van der Waals surface area contributed by atoms with E-state index in [0.29, 0.717) is 10.6 Å². The number of amides is 1. The zero-order valence-corrected chi connectivity index (χ0v) is 19.7. The molecule has 0 saturated heterocycles. The van der Waals surface area contributed by atoms with E-state index >= 15 is 0 Å². The Labute approximate surface area is 191 Å². The number of rotatable bonds is 10. The molecular formula is C21H23N3O5S3. The van der Waals surface area contributed by atoms with E-state index in [0.717, 1.165) is 21.9 Å². The molecule has 3 aromatic rings. The lowest BCUT2D eigenvalue weighted by atomic mass is 10.2. The van der Waals surface area contributed by atoms with Crippen molar-refractivity contribution in [2.45, 2.75) is 19.0 Å². The van der Waals surface area contributed by atoms with Crippen LogP contribution in [0.5, 0.6) is 0 Å². The van der Waals surface area contributed by atoms with Crippen LogP contribution in [0.25, 0.3) is 16.3 Å². The lowest BCUT2D eigenvalue weighted by molar-refractivity contribution is -0.122. The molecule has 3 rings (SSSR count). The number of nitrogens with zero attached hydrogens (tertiary/aromatic N) is 1. The molecule has 2 aromatic carbocycles. The van der Waals surface area contributed by atoms with Gasteiger partial charge in [0.15, 0.2) is 0 Å². The number of para-hydroxylation sites is 1. The topological polar surface area (TPSA) is 122 Å². The fourth-order valence-corrected chi connectivity index (χ4v) is 5.43. The Morgan fingerprint density at radius 3 is 2.44 bits per heavy atom. The summed E-state index contributed by atoms with van der Waals surface area (Å²) in [7, 11) is -7.39. The molecule has 1 atom stereocenters. The molecule has 1 aromatic heterocycles. The second kappa shape index (κ2) is 10.3. The van der Waals surface area contributed by atoms with Crippen LogP contribution < -0.4 is 10.0 Å². The van der Waals surface area contributed by atoms with Crippen molar-refractivity contribution in [3.8, 4) is 0 Å². The maximum absolute atomic E-state index is 12.7. The molecule has 0 bridgehead atoms. The first-order valence-electron chi connectivity index (χ1n) is 9.67. The van der Waals surface area contributed by atoms with Crippen molar-refractivity contribution < 1.29 is 21.6 Å². The summed E-state index contributed by atoms with van der Waals surface area (Å²) in [6, 6.07) is 15.1. The summed E-state index contributed by atoms with van der Waals surface area (Å²) in [6.07, 6.45) is 2.24. The molecule has 1 amide bonds. The number of nitrogens with one attached hydrogen (secondary N) is 2. The number of hydrogen-bond donors (Lipinski definition) is 2. The highest BCUT2D eigenvalue weighted by Crippen LogP contribution is 2.21. The van der Waals surface area contributed by atoms with Crippen LogP contribution in [0.4, 0.5) is 0 Å². The van der Waals surface area contributed by atoms with E-state index < -0.39 is 31.8 Å². The van der Waals surface area contributed by atoms with Crippen LogP contribution in [-0.2, 0) is 31.2 Å². The minimum atomic E-state index is -3.99. The number of hydrogen-bond acceptors (Lipinski definition) is 7. The molecule has 0 fully saturated rings. The van der Waals surface area contributed by atoms with Crippen molar-refractivity contribution in [2.24, 2.45) is 0 Å². The fourth-order valence-electron chi connectivity index (χ4n) is 2.83. The van der Waals surface area contributed by atoms with Crippen LogP contribution in [0, 0.1) is 0 Å². The van der Waals surface area contributed by atoms with Crippen LogP contribution in [0.1, 0.15) is 17.0 Å².